The highest BCUT2D eigenvalue weighted by molar-refractivity contribution is 5.86. The zero-order valence-electron chi connectivity index (χ0n) is 31.6. The molecule has 2 heterocycles. The number of alkyl halides is 3. The van der Waals surface area contributed by atoms with E-state index < -0.39 is 11.7 Å². The highest BCUT2D eigenvalue weighted by Gasteiger charge is 2.33. The van der Waals surface area contributed by atoms with Crippen LogP contribution in [0.4, 0.5) is 30.2 Å². The number of anilines is 3. The van der Waals surface area contributed by atoms with Crippen LogP contribution in [0.5, 0.6) is 0 Å². The van der Waals surface area contributed by atoms with Crippen LogP contribution in [0.3, 0.4) is 0 Å². The number of hydrogen-bond donors (Lipinski definition) is 0. The lowest BCUT2D eigenvalue weighted by atomic mass is 9.80. The molecule has 0 aliphatic heterocycles. The summed E-state index contributed by atoms with van der Waals surface area (Å²) in [5, 5.41) is 8.97. The molecular formula is C46H44F3N5. The summed E-state index contributed by atoms with van der Waals surface area (Å²) in [6.07, 6.45) is 1.25. The van der Waals surface area contributed by atoms with Crippen LogP contribution in [0.2, 0.25) is 0 Å². The van der Waals surface area contributed by atoms with Gasteiger partial charge in [-0.2, -0.15) is 23.4 Å². The number of halogens is 3. The first-order valence-corrected chi connectivity index (χ1v) is 18.1. The third-order valence-electron chi connectivity index (χ3n) is 9.67. The van der Waals surface area contributed by atoms with Crippen molar-refractivity contribution in [1.82, 2.24) is 19.6 Å². The molecule has 0 atom stereocenters. The van der Waals surface area contributed by atoms with E-state index in [9.17, 15) is 13.2 Å². The van der Waals surface area contributed by atoms with Gasteiger partial charge in [-0.15, -0.1) is 0 Å². The summed E-state index contributed by atoms with van der Waals surface area (Å²) in [4.78, 5) is 2.19. The Morgan fingerprint density at radius 3 is 1.37 bits per heavy atom. The van der Waals surface area contributed by atoms with Gasteiger partial charge in [-0.25, -0.2) is 9.36 Å². The Hall–Kier alpha value is -5.89. The summed E-state index contributed by atoms with van der Waals surface area (Å²) in [7, 11) is 0. The normalized spacial score (nSPS) is 12.3. The molecule has 0 aliphatic carbocycles. The Bertz CT molecular complexity index is 2380. The molecule has 5 nitrogen and oxygen atoms in total. The monoisotopic (exact) mass is 723 g/mol. The van der Waals surface area contributed by atoms with Crippen molar-refractivity contribution in [3.63, 3.8) is 0 Å². The predicted octanol–water partition coefficient (Wildman–Crippen LogP) is 12.8. The van der Waals surface area contributed by atoms with Crippen molar-refractivity contribution in [3.8, 4) is 33.6 Å². The molecular weight excluding hydrogens is 680 g/mol. The minimum Gasteiger partial charge on any atom is -0.310 e. The summed E-state index contributed by atoms with van der Waals surface area (Å²) < 4.78 is 45.0. The van der Waals surface area contributed by atoms with Crippen LogP contribution in [-0.2, 0) is 17.0 Å². The molecule has 5 aromatic carbocycles. The Morgan fingerprint density at radius 2 is 0.963 bits per heavy atom. The highest BCUT2D eigenvalue weighted by atomic mass is 19.4. The zero-order chi connectivity index (χ0) is 38.4. The van der Waals surface area contributed by atoms with Crippen LogP contribution in [0.1, 0.15) is 63.8 Å². The molecule has 7 rings (SSSR count). The molecule has 0 aliphatic rings. The first kappa shape index (κ1) is 36.5. The van der Waals surface area contributed by atoms with Crippen molar-refractivity contribution in [2.45, 2.75) is 65.5 Å². The minimum absolute atomic E-state index is 0.165. The van der Waals surface area contributed by atoms with Crippen LogP contribution in [0.25, 0.3) is 33.6 Å². The van der Waals surface area contributed by atoms with Crippen molar-refractivity contribution in [3.05, 3.63) is 162 Å². The summed E-state index contributed by atoms with van der Waals surface area (Å²) in [5.41, 5.74) is 9.86. The van der Waals surface area contributed by atoms with E-state index >= 15 is 0 Å². The van der Waals surface area contributed by atoms with E-state index in [0.717, 1.165) is 63.0 Å². The van der Waals surface area contributed by atoms with E-state index in [1.807, 2.05) is 90.7 Å². The highest BCUT2D eigenvalue weighted by Crippen LogP contribution is 2.44. The molecule has 54 heavy (non-hydrogen) atoms. The molecule has 0 saturated heterocycles. The van der Waals surface area contributed by atoms with E-state index in [2.05, 4.69) is 100 Å². The molecule has 0 amide bonds. The van der Waals surface area contributed by atoms with Gasteiger partial charge in [0.15, 0.2) is 0 Å². The summed E-state index contributed by atoms with van der Waals surface area (Å²) >= 11 is 0. The average Bonchev–Trinajstić information content (AvgIpc) is 3.82. The van der Waals surface area contributed by atoms with E-state index in [4.69, 9.17) is 5.10 Å². The second kappa shape index (κ2) is 13.8. The van der Waals surface area contributed by atoms with Crippen LogP contribution in [-0.4, -0.2) is 19.6 Å². The molecule has 0 fully saturated rings. The fourth-order valence-corrected chi connectivity index (χ4v) is 6.62. The molecule has 0 spiro atoms. The standard InChI is InChI=1S/C46H44F3N5/c1-31-27-50-52(29-31)42-25-37(18-20-40(42)32-14-10-8-11-15-32)54(39-23-34(44(2,3)4)22-35(24-39)45(5,6)7)38-19-21-41(33-16-12-9-13-17-33)43(26-38)53-30-36(28-51-53)46(47,48)49/h8-30H,1-7H3. The van der Waals surface area contributed by atoms with Crippen LogP contribution in [0.15, 0.2) is 140 Å². The molecule has 274 valence electrons. The van der Waals surface area contributed by atoms with E-state index in [-0.39, 0.29) is 10.8 Å². The lowest BCUT2D eigenvalue weighted by Gasteiger charge is -2.32. The van der Waals surface area contributed by atoms with Gasteiger partial charge in [0.25, 0.3) is 0 Å². The maximum atomic E-state index is 13.9. The van der Waals surface area contributed by atoms with Gasteiger partial charge in [0, 0.05) is 40.6 Å². The zero-order valence-corrected chi connectivity index (χ0v) is 31.6. The average molecular weight is 724 g/mol. The maximum absolute atomic E-state index is 13.9. The molecule has 2 aromatic heterocycles. The van der Waals surface area contributed by atoms with Gasteiger partial charge in [-0.3, -0.25) is 0 Å². The SMILES string of the molecule is Cc1cnn(-c2cc(N(c3cc(C(C)(C)C)cc(C(C)(C)C)c3)c3ccc(-c4ccccc4)c(-n4cc(C(F)(F)F)cn4)c3)ccc2-c2ccccc2)c1. The van der Waals surface area contributed by atoms with E-state index in [1.54, 1.807) is 0 Å². The van der Waals surface area contributed by atoms with Gasteiger partial charge in [0.2, 0.25) is 0 Å². The van der Waals surface area contributed by atoms with Gasteiger partial charge in [-0.05, 0) is 82.0 Å². The van der Waals surface area contributed by atoms with Crippen molar-refractivity contribution in [2.75, 3.05) is 4.90 Å². The topological polar surface area (TPSA) is 38.9 Å². The van der Waals surface area contributed by atoms with Crippen LogP contribution in [0, 0.1) is 6.92 Å². The number of aromatic nitrogens is 4. The van der Waals surface area contributed by atoms with Gasteiger partial charge in [0.1, 0.15) is 0 Å². The quantitative estimate of drug-likeness (QED) is 0.164. The van der Waals surface area contributed by atoms with Gasteiger partial charge in [0.05, 0.1) is 29.3 Å². The molecule has 0 radical (unpaired) electrons. The summed E-state index contributed by atoms with van der Waals surface area (Å²) in [6.45, 7) is 15.3. The lowest BCUT2D eigenvalue weighted by molar-refractivity contribution is -0.137. The molecule has 0 unspecified atom stereocenters. The number of nitrogens with zero attached hydrogens (tertiary/aromatic N) is 5. The number of rotatable bonds is 7. The minimum atomic E-state index is -4.53. The first-order chi connectivity index (χ1) is 25.6. The fraction of sp³-hybridized carbons (Fsp3) is 0.217. The van der Waals surface area contributed by atoms with E-state index in [0.29, 0.717) is 5.69 Å². The van der Waals surface area contributed by atoms with E-state index in [1.165, 1.54) is 15.8 Å². The Morgan fingerprint density at radius 1 is 0.500 bits per heavy atom. The van der Waals surface area contributed by atoms with Crippen molar-refractivity contribution in [2.24, 2.45) is 0 Å². The smallest absolute Gasteiger partial charge is 0.310 e. The van der Waals surface area contributed by atoms with Gasteiger partial charge >= 0.3 is 6.18 Å². The largest absolute Gasteiger partial charge is 0.419 e. The third-order valence-corrected chi connectivity index (χ3v) is 9.67. The molecule has 0 bridgehead atoms. The maximum Gasteiger partial charge on any atom is 0.419 e. The summed E-state index contributed by atoms with van der Waals surface area (Å²) in [5.74, 6) is 0. The fourth-order valence-electron chi connectivity index (χ4n) is 6.62. The van der Waals surface area contributed by atoms with Crippen molar-refractivity contribution < 1.29 is 13.2 Å². The molecule has 7 aromatic rings. The van der Waals surface area contributed by atoms with Gasteiger partial charge < -0.3 is 4.90 Å². The first-order valence-electron chi connectivity index (χ1n) is 18.1. The van der Waals surface area contributed by atoms with Crippen LogP contribution >= 0.6 is 0 Å². The van der Waals surface area contributed by atoms with Crippen molar-refractivity contribution in [1.29, 1.82) is 0 Å². The Kier molecular flexibility index (Phi) is 9.34. The number of aryl methyl sites for hydroxylation is 1. The molecule has 8 heteroatoms. The third kappa shape index (κ3) is 7.47. The molecule has 0 saturated carbocycles. The number of hydrogen-bond acceptors (Lipinski definition) is 3. The Balaban J connectivity index is 1.53. The Labute approximate surface area is 315 Å². The lowest BCUT2D eigenvalue weighted by Crippen LogP contribution is -2.19. The second-order valence-corrected chi connectivity index (χ2v) is 15.9. The van der Waals surface area contributed by atoms with Crippen molar-refractivity contribution >= 4 is 17.1 Å². The number of benzene rings is 5. The van der Waals surface area contributed by atoms with Crippen LogP contribution < -0.4 is 4.90 Å². The van der Waals surface area contributed by atoms with Gasteiger partial charge in [-0.1, -0.05) is 120 Å². The predicted molar refractivity (Wildman–Crippen MR) is 213 cm³/mol. The molecule has 0 N–H and O–H groups in total. The summed E-state index contributed by atoms with van der Waals surface area (Å²) in [6, 6.07) is 38.9. The second-order valence-electron chi connectivity index (χ2n) is 15.9.